The number of aliphatic hydroxyl groups excluding tert-OH is 2. The van der Waals surface area contributed by atoms with Crippen LogP contribution in [-0.2, 0) is 33.1 Å². The Morgan fingerprint density at radius 3 is 1.43 bits per heavy atom. The molecule has 0 spiro atoms. The SMILES string of the molecule is CN(CCCCC(O)c1nn(-c2ccc(Cl)cc2Cl)c2c1Cc1cc(S(=O)(=O)O)sc1-2)CCCCC(O)c1nn(-c2ccc(Cl)cc2Cl)c2c1Cc1cc(S(=O)(=O)O)sc1-2. The molecule has 0 saturated carbocycles. The number of hydrogen-bond donors (Lipinski definition) is 4. The van der Waals surface area contributed by atoms with E-state index >= 15 is 0 Å². The summed E-state index contributed by atoms with van der Waals surface area (Å²) in [4.78, 5) is 3.48. The summed E-state index contributed by atoms with van der Waals surface area (Å²) in [5.74, 6) is 0. The van der Waals surface area contributed by atoms with Crippen molar-refractivity contribution in [2.24, 2.45) is 0 Å². The maximum absolute atomic E-state index is 11.9. The van der Waals surface area contributed by atoms with Crippen molar-refractivity contribution in [1.29, 1.82) is 0 Å². The molecule has 0 saturated heterocycles. The summed E-state index contributed by atoms with van der Waals surface area (Å²) in [5.41, 5.74) is 6.28. The number of halogens is 4. The van der Waals surface area contributed by atoms with E-state index in [0.29, 0.717) is 103 Å². The lowest BCUT2D eigenvalue weighted by molar-refractivity contribution is 0.153. The summed E-state index contributed by atoms with van der Waals surface area (Å²) in [7, 11) is -6.78. The smallest absolute Gasteiger partial charge is 0.304 e. The van der Waals surface area contributed by atoms with Gasteiger partial charge in [0.25, 0.3) is 0 Å². The third kappa shape index (κ3) is 8.59. The van der Waals surface area contributed by atoms with Gasteiger partial charge < -0.3 is 15.1 Å². The van der Waals surface area contributed by atoms with Crippen molar-refractivity contribution in [3.05, 3.63) is 102 Å². The quantitative estimate of drug-likeness (QED) is 0.0534. The van der Waals surface area contributed by atoms with Gasteiger partial charge in [0.2, 0.25) is 0 Å². The Morgan fingerprint density at radius 1 is 0.667 bits per heavy atom. The fourth-order valence-corrected chi connectivity index (χ4v) is 12.7. The van der Waals surface area contributed by atoms with Crippen LogP contribution in [0.1, 0.15) is 84.4 Å². The van der Waals surface area contributed by atoms with Gasteiger partial charge in [-0.2, -0.15) is 27.0 Å². The minimum atomic E-state index is -4.40. The first-order valence-corrected chi connectivity index (χ1v) is 24.8. The number of rotatable bonds is 16. The van der Waals surface area contributed by atoms with Gasteiger partial charge in [-0.15, -0.1) is 22.7 Å². The number of aliphatic hydroxyl groups is 2. The number of aromatic nitrogens is 4. The van der Waals surface area contributed by atoms with Gasteiger partial charge in [-0.1, -0.05) is 46.4 Å². The molecule has 60 heavy (non-hydrogen) atoms. The molecule has 2 unspecified atom stereocenters. The van der Waals surface area contributed by atoms with Crippen molar-refractivity contribution < 1.29 is 36.2 Å². The number of unbranched alkanes of at least 4 members (excludes halogenated alkanes) is 2. The lowest BCUT2D eigenvalue weighted by Crippen LogP contribution is -2.21. The standard InChI is InChI=1S/C39H37Cl4N5O8S4/c1-46(12-4-2-6-30(49)34-24-14-20-16-32(59(51,52)53)57-38(20)36(24)47(44-34)28-10-8-22(40)18-26(28)42)13-5-3-7-31(50)35-25-15-21-17-33(60(54,55)56)58-39(21)37(25)48(45-35)29-11-9-23(41)19-27(29)43/h8-11,16-19,30-31,49-50H,2-7,12-15H2,1H3,(H,51,52,53)(H,54,55,56). The predicted molar refractivity (Wildman–Crippen MR) is 234 cm³/mol. The van der Waals surface area contributed by atoms with Gasteiger partial charge in [-0.25, -0.2) is 9.36 Å². The van der Waals surface area contributed by atoms with Crippen molar-refractivity contribution >= 4 is 89.3 Å². The van der Waals surface area contributed by atoms with Crippen LogP contribution in [0.2, 0.25) is 20.1 Å². The van der Waals surface area contributed by atoms with Crippen molar-refractivity contribution in [1.82, 2.24) is 24.5 Å². The van der Waals surface area contributed by atoms with Crippen molar-refractivity contribution in [2.75, 3.05) is 20.1 Å². The van der Waals surface area contributed by atoms with Gasteiger partial charge in [0.1, 0.15) is 8.42 Å². The first kappa shape index (κ1) is 43.8. The number of thiophene rings is 2. The van der Waals surface area contributed by atoms with E-state index in [4.69, 9.17) is 56.6 Å². The van der Waals surface area contributed by atoms with E-state index in [9.17, 15) is 36.2 Å². The number of benzene rings is 2. The van der Waals surface area contributed by atoms with Gasteiger partial charge >= 0.3 is 20.2 Å². The first-order valence-electron chi connectivity index (χ1n) is 18.8. The summed E-state index contributed by atoms with van der Waals surface area (Å²) in [6.45, 7) is 1.57. The lowest BCUT2D eigenvalue weighted by atomic mass is 10.0. The zero-order chi connectivity index (χ0) is 42.8. The van der Waals surface area contributed by atoms with Crippen LogP contribution in [0.3, 0.4) is 0 Å². The van der Waals surface area contributed by atoms with Crippen LogP contribution >= 0.6 is 69.1 Å². The second kappa shape index (κ2) is 17.0. The Labute approximate surface area is 374 Å². The summed E-state index contributed by atoms with van der Waals surface area (Å²) >= 11 is 27.3. The predicted octanol–water partition coefficient (Wildman–Crippen LogP) is 9.47. The molecule has 6 aromatic rings. The Morgan fingerprint density at radius 2 is 1.07 bits per heavy atom. The summed E-state index contributed by atoms with van der Waals surface area (Å²) in [6, 6.07) is 12.9. The molecule has 4 heterocycles. The average molecular weight is 974 g/mol. The van der Waals surface area contributed by atoms with Crippen molar-refractivity contribution in [2.45, 2.75) is 72.0 Å². The number of fused-ring (bicyclic) bond motifs is 6. The molecular weight excluding hydrogens is 937 g/mol. The van der Waals surface area contributed by atoms with E-state index in [1.807, 2.05) is 7.05 Å². The van der Waals surface area contributed by atoms with Crippen LogP contribution in [0, 0.1) is 0 Å². The lowest BCUT2D eigenvalue weighted by Gasteiger charge is -2.17. The maximum Gasteiger partial charge on any atom is 0.304 e. The molecule has 0 amide bonds. The zero-order valence-corrected chi connectivity index (χ0v) is 37.9. The Balaban J connectivity index is 0.872. The maximum atomic E-state index is 11.9. The van der Waals surface area contributed by atoms with E-state index in [1.54, 1.807) is 45.8 Å². The van der Waals surface area contributed by atoms with Gasteiger partial charge in [-0.05, 0) is 118 Å². The molecule has 0 aliphatic heterocycles. The third-order valence-electron chi connectivity index (χ3n) is 10.7. The minimum Gasteiger partial charge on any atom is -0.387 e. The first-order chi connectivity index (χ1) is 28.4. The molecule has 2 aliphatic rings. The van der Waals surface area contributed by atoms with E-state index in [0.717, 1.165) is 70.9 Å². The molecule has 0 bridgehead atoms. The highest BCUT2D eigenvalue weighted by Crippen LogP contribution is 2.49. The summed E-state index contributed by atoms with van der Waals surface area (Å²) in [6.07, 6.45) is 2.87. The molecule has 318 valence electrons. The highest BCUT2D eigenvalue weighted by molar-refractivity contribution is 7.88. The average Bonchev–Trinajstić information content (AvgIpc) is 4.00. The monoisotopic (exact) mass is 971 g/mol. The molecular formula is C39H37Cl4N5O8S4. The van der Waals surface area contributed by atoms with Crippen molar-refractivity contribution in [3.63, 3.8) is 0 Å². The topological polar surface area (TPSA) is 188 Å². The van der Waals surface area contributed by atoms with E-state index < -0.39 is 32.4 Å². The fourth-order valence-electron chi connectivity index (χ4n) is 7.87. The van der Waals surface area contributed by atoms with Crippen LogP contribution in [0.4, 0.5) is 0 Å². The number of nitrogens with zero attached hydrogens (tertiary/aromatic N) is 5. The third-order valence-corrected chi connectivity index (χ3v) is 16.8. The molecule has 4 N–H and O–H groups in total. The molecule has 13 nitrogen and oxygen atoms in total. The largest absolute Gasteiger partial charge is 0.387 e. The molecule has 21 heteroatoms. The van der Waals surface area contributed by atoms with Crippen LogP contribution in [0.25, 0.3) is 32.5 Å². The van der Waals surface area contributed by atoms with Crippen LogP contribution < -0.4 is 0 Å². The number of hydrogen-bond acceptors (Lipinski definition) is 11. The van der Waals surface area contributed by atoms with E-state index in [1.165, 1.54) is 12.1 Å². The Hall–Kier alpha value is -2.88. The Kier molecular flexibility index (Phi) is 12.4. The second-order valence-electron chi connectivity index (χ2n) is 14.9. The molecule has 0 fully saturated rings. The van der Waals surface area contributed by atoms with Crippen LogP contribution in [0.15, 0.2) is 56.9 Å². The fraction of sp³-hybridized carbons (Fsp3) is 0.333. The van der Waals surface area contributed by atoms with Gasteiger partial charge in [0.05, 0.1) is 66.2 Å². The molecule has 8 rings (SSSR count). The molecule has 2 aliphatic carbocycles. The van der Waals surface area contributed by atoms with Gasteiger partial charge in [-0.3, -0.25) is 9.11 Å². The molecule has 2 atom stereocenters. The molecule has 0 radical (unpaired) electrons. The van der Waals surface area contributed by atoms with E-state index in [-0.39, 0.29) is 8.42 Å². The summed E-state index contributed by atoms with van der Waals surface area (Å²) < 4.78 is 70.0. The van der Waals surface area contributed by atoms with Gasteiger partial charge in [0.15, 0.2) is 0 Å². The van der Waals surface area contributed by atoms with Crippen molar-refractivity contribution in [3.8, 4) is 32.5 Å². The second-order valence-corrected chi connectivity index (χ2v) is 22.0. The minimum absolute atomic E-state index is 0.162. The normalized spacial score (nSPS) is 14.4. The van der Waals surface area contributed by atoms with Gasteiger partial charge in [0, 0.05) is 34.0 Å². The highest BCUT2D eigenvalue weighted by atomic mass is 35.5. The molecule has 4 aromatic heterocycles. The highest BCUT2D eigenvalue weighted by Gasteiger charge is 2.36. The molecule has 2 aromatic carbocycles. The van der Waals surface area contributed by atoms with E-state index in [2.05, 4.69) is 4.90 Å². The summed E-state index contributed by atoms with van der Waals surface area (Å²) in [5, 5.41) is 34.0. The van der Waals surface area contributed by atoms with Crippen LogP contribution in [0.5, 0.6) is 0 Å². The Bertz CT molecular complexity index is 2680. The zero-order valence-electron chi connectivity index (χ0n) is 31.6. The van der Waals surface area contributed by atoms with Crippen LogP contribution in [-0.4, -0.2) is 80.8 Å².